The van der Waals surface area contributed by atoms with Gasteiger partial charge in [0.05, 0.1) is 30.3 Å². The number of hydrogen-bond acceptors (Lipinski definition) is 8. The highest BCUT2D eigenvalue weighted by atomic mass is 19.1. The lowest BCUT2D eigenvalue weighted by molar-refractivity contribution is 0.00807. The van der Waals surface area contributed by atoms with Crippen molar-refractivity contribution in [2.75, 3.05) is 42.6 Å². The molecule has 0 aliphatic carbocycles. The fourth-order valence-corrected chi connectivity index (χ4v) is 4.28. The molecule has 0 saturated carbocycles. The number of nitrogens with two attached hydrogens (primary N) is 1. The summed E-state index contributed by atoms with van der Waals surface area (Å²) in [6, 6.07) is 8.23. The molecule has 11 nitrogen and oxygen atoms in total. The van der Waals surface area contributed by atoms with E-state index in [0.29, 0.717) is 31.3 Å². The van der Waals surface area contributed by atoms with Gasteiger partial charge in [-0.2, -0.15) is 0 Å². The first-order valence-electron chi connectivity index (χ1n) is 11.7. The van der Waals surface area contributed by atoms with E-state index in [1.165, 1.54) is 12.1 Å². The van der Waals surface area contributed by atoms with Crippen LogP contribution in [0.2, 0.25) is 0 Å². The molecule has 0 radical (unpaired) electrons. The number of amides is 1. The molecule has 192 valence electrons. The van der Waals surface area contributed by atoms with Gasteiger partial charge in [0.25, 0.3) is 0 Å². The average molecular weight is 501 g/mol. The van der Waals surface area contributed by atoms with Crippen molar-refractivity contribution in [1.29, 1.82) is 5.41 Å². The molecule has 2 saturated heterocycles. The lowest BCUT2D eigenvalue weighted by atomic mass is 9.97. The van der Waals surface area contributed by atoms with Crippen LogP contribution in [-0.2, 0) is 16.1 Å². The summed E-state index contributed by atoms with van der Waals surface area (Å²) in [6.45, 7) is 3.22. The van der Waals surface area contributed by atoms with Crippen LogP contribution in [-0.4, -0.2) is 67.0 Å². The van der Waals surface area contributed by atoms with Crippen LogP contribution in [0.3, 0.4) is 0 Å². The standard InChI is InChI=1S/C24H29FN6O5/c25-21-16(14-36-24(34)29-23(26)27)2-1-3-20(21)31-11-18(12-31)35-13-15-6-8-30(9-7-15)17-4-5-19(22(32)33)28-10-17/h1-5,10,15,18H,6-9,11-14H2,(H,32,33)(H4,26,27,29,34). The molecule has 2 fully saturated rings. The van der Waals surface area contributed by atoms with E-state index in [9.17, 15) is 14.0 Å². The first-order chi connectivity index (χ1) is 17.3. The van der Waals surface area contributed by atoms with Crippen molar-refractivity contribution in [2.24, 2.45) is 11.7 Å². The Morgan fingerprint density at radius 1 is 1.19 bits per heavy atom. The molecule has 1 aromatic heterocycles. The van der Waals surface area contributed by atoms with E-state index in [2.05, 4.69) is 9.88 Å². The number of carboxylic acid groups (broad SMARTS) is 1. The lowest BCUT2D eigenvalue weighted by Crippen LogP contribution is -2.53. The van der Waals surface area contributed by atoms with Gasteiger partial charge in [-0.05, 0) is 37.0 Å². The van der Waals surface area contributed by atoms with E-state index >= 15 is 0 Å². The van der Waals surface area contributed by atoms with Crippen LogP contribution < -0.4 is 20.9 Å². The van der Waals surface area contributed by atoms with Crippen molar-refractivity contribution in [3.05, 3.63) is 53.6 Å². The van der Waals surface area contributed by atoms with E-state index < -0.39 is 23.8 Å². The van der Waals surface area contributed by atoms with Gasteiger partial charge in [-0.1, -0.05) is 12.1 Å². The number of nitrogens with one attached hydrogen (secondary N) is 2. The summed E-state index contributed by atoms with van der Waals surface area (Å²) in [4.78, 5) is 30.5. The maximum Gasteiger partial charge on any atom is 0.414 e. The van der Waals surface area contributed by atoms with Crippen LogP contribution in [0.4, 0.5) is 20.6 Å². The Morgan fingerprint density at radius 3 is 2.58 bits per heavy atom. The largest absolute Gasteiger partial charge is 0.477 e. The van der Waals surface area contributed by atoms with Gasteiger partial charge < -0.3 is 30.1 Å². The summed E-state index contributed by atoms with van der Waals surface area (Å²) >= 11 is 0. The number of piperidine rings is 1. The summed E-state index contributed by atoms with van der Waals surface area (Å²) in [5.74, 6) is -1.60. The minimum Gasteiger partial charge on any atom is -0.477 e. The van der Waals surface area contributed by atoms with Gasteiger partial charge in [0.15, 0.2) is 11.8 Å². The van der Waals surface area contributed by atoms with Crippen LogP contribution in [0.1, 0.15) is 28.9 Å². The normalized spacial score (nSPS) is 16.4. The Kier molecular flexibility index (Phi) is 7.84. The molecule has 5 N–H and O–H groups in total. The number of aromatic nitrogens is 1. The van der Waals surface area contributed by atoms with Gasteiger partial charge in [-0.25, -0.2) is 19.0 Å². The monoisotopic (exact) mass is 500 g/mol. The van der Waals surface area contributed by atoms with E-state index in [1.54, 1.807) is 24.4 Å². The summed E-state index contributed by atoms with van der Waals surface area (Å²) < 4.78 is 25.9. The van der Waals surface area contributed by atoms with E-state index in [-0.39, 0.29) is 24.0 Å². The van der Waals surface area contributed by atoms with Crippen molar-refractivity contribution in [3.8, 4) is 0 Å². The van der Waals surface area contributed by atoms with Crippen molar-refractivity contribution in [1.82, 2.24) is 10.3 Å². The molecule has 2 aromatic rings. The predicted octanol–water partition coefficient (Wildman–Crippen LogP) is 2.16. The molecule has 12 heteroatoms. The van der Waals surface area contributed by atoms with E-state index in [0.717, 1.165) is 31.6 Å². The van der Waals surface area contributed by atoms with Crippen LogP contribution in [0, 0.1) is 17.1 Å². The molecule has 0 spiro atoms. The second-order valence-corrected chi connectivity index (χ2v) is 8.86. The molecule has 1 amide bonds. The van der Waals surface area contributed by atoms with Crippen molar-refractivity contribution in [3.63, 3.8) is 0 Å². The van der Waals surface area contributed by atoms with Crippen LogP contribution in [0.25, 0.3) is 0 Å². The third-order valence-corrected chi connectivity index (χ3v) is 6.36. The summed E-state index contributed by atoms with van der Waals surface area (Å²) in [5.41, 5.74) is 6.68. The van der Waals surface area contributed by atoms with Crippen LogP contribution in [0.5, 0.6) is 0 Å². The number of guanidine groups is 1. The molecule has 2 aliphatic heterocycles. The molecular weight excluding hydrogens is 471 g/mol. The number of benzene rings is 1. The topological polar surface area (TPSA) is 154 Å². The van der Waals surface area contributed by atoms with Gasteiger partial charge in [-0.3, -0.25) is 10.7 Å². The Labute approximate surface area is 207 Å². The molecule has 2 aliphatic rings. The SMILES string of the molecule is N=C(N)NC(=O)OCc1cccc(N2CC(OCC3CCN(c4ccc(C(=O)O)nc4)CC3)C2)c1F. The Balaban J connectivity index is 1.18. The summed E-state index contributed by atoms with van der Waals surface area (Å²) in [5, 5.41) is 18.0. The number of carbonyl (C=O) groups is 2. The van der Waals surface area contributed by atoms with Crippen LogP contribution in [0.15, 0.2) is 36.5 Å². The number of carboxylic acids is 1. The minimum atomic E-state index is -1.04. The quantitative estimate of drug-likeness (QED) is 0.315. The second-order valence-electron chi connectivity index (χ2n) is 8.86. The Morgan fingerprint density at radius 2 is 1.94 bits per heavy atom. The third kappa shape index (κ3) is 6.19. The summed E-state index contributed by atoms with van der Waals surface area (Å²) in [6.07, 6.45) is 2.64. The molecule has 3 heterocycles. The zero-order valence-electron chi connectivity index (χ0n) is 19.7. The Hall–Kier alpha value is -3.93. The van der Waals surface area contributed by atoms with Crippen LogP contribution >= 0.6 is 0 Å². The van der Waals surface area contributed by atoms with Gasteiger partial charge >= 0.3 is 12.1 Å². The number of aromatic carboxylic acids is 1. The lowest BCUT2D eigenvalue weighted by Gasteiger charge is -2.42. The Bertz CT molecular complexity index is 1100. The number of halogens is 1. The highest BCUT2D eigenvalue weighted by Crippen LogP contribution is 2.29. The molecule has 0 unspecified atom stereocenters. The summed E-state index contributed by atoms with van der Waals surface area (Å²) in [7, 11) is 0. The first kappa shape index (κ1) is 25.2. The van der Waals surface area contributed by atoms with E-state index in [1.807, 2.05) is 10.2 Å². The number of ether oxygens (including phenoxy) is 2. The molecular formula is C24H29FN6O5. The smallest absolute Gasteiger partial charge is 0.414 e. The number of alkyl carbamates (subject to hydrolysis) is 1. The van der Waals surface area contributed by atoms with E-state index in [4.69, 9.17) is 25.7 Å². The minimum absolute atomic E-state index is 0.0245. The molecule has 4 rings (SSSR count). The average Bonchev–Trinajstić information content (AvgIpc) is 2.83. The number of nitrogens with zero attached hydrogens (tertiary/aromatic N) is 3. The first-order valence-corrected chi connectivity index (χ1v) is 11.7. The fourth-order valence-electron chi connectivity index (χ4n) is 4.28. The molecule has 1 aromatic carbocycles. The van der Waals surface area contributed by atoms with Crippen molar-refractivity contribution in [2.45, 2.75) is 25.6 Å². The number of carbonyl (C=O) groups excluding carboxylic acids is 1. The maximum absolute atomic E-state index is 14.9. The molecule has 36 heavy (non-hydrogen) atoms. The number of pyridine rings is 1. The van der Waals surface area contributed by atoms with Crippen molar-refractivity contribution < 1.29 is 28.6 Å². The zero-order valence-corrected chi connectivity index (χ0v) is 19.7. The fraction of sp³-hybridized carbons (Fsp3) is 0.417. The van der Waals surface area contributed by atoms with Gasteiger partial charge in [-0.15, -0.1) is 0 Å². The highest BCUT2D eigenvalue weighted by molar-refractivity contribution is 5.90. The predicted molar refractivity (Wildman–Crippen MR) is 130 cm³/mol. The second kappa shape index (κ2) is 11.2. The number of rotatable bonds is 8. The number of anilines is 2. The third-order valence-electron chi connectivity index (χ3n) is 6.36. The van der Waals surface area contributed by atoms with Gasteiger partial charge in [0.1, 0.15) is 12.3 Å². The van der Waals surface area contributed by atoms with Gasteiger partial charge in [0, 0.05) is 31.7 Å². The zero-order chi connectivity index (χ0) is 25.7. The number of hydrogen-bond donors (Lipinski definition) is 4. The maximum atomic E-state index is 14.9. The van der Waals surface area contributed by atoms with Gasteiger partial charge in [0.2, 0.25) is 0 Å². The van der Waals surface area contributed by atoms with Crippen molar-refractivity contribution >= 4 is 29.4 Å². The molecule has 0 bridgehead atoms. The molecule has 0 atom stereocenters. The highest BCUT2D eigenvalue weighted by Gasteiger charge is 2.31.